The van der Waals surface area contributed by atoms with Gasteiger partial charge in [0.25, 0.3) is 0 Å². The maximum Gasteiger partial charge on any atom is 0.157 e. The Hall–Kier alpha value is -1.16. The fourth-order valence-electron chi connectivity index (χ4n) is 1.68. The zero-order valence-electron chi connectivity index (χ0n) is 10.6. The lowest BCUT2D eigenvalue weighted by Gasteiger charge is -2.08. The molecule has 2 aromatic rings. The van der Waals surface area contributed by atoms with E-state index in [4.69, 9.17) is 27.9 Å². The summed E-state index contributed by atoms with van der Waals surface area (Å²) in [6.45, 7) is 2.83. The highest BCUT2D eigenvalue weighted by Gasteiger charge is 2.12. The summed E-state index contributed by atoms with van der Waals surface area (Å²) in [5.74, 6) is 0.508. The Morgan fingerprint density at radius 2 is 1.68 bits per heavy atom. The van der Waals surface area contributed by atoms with Crippen molar-refractivity contribution in [1.82, 2.24) is 9.97 Å². The number of hydrogen-bond acceptors (Lipinski definition) is 3. The second kappa shape index (κ2) is 6.85. The summed E-state index contributed by atoms with van der Waals surface area (Å²) in [7, 11) is 0. The van der Waals surface area contributed by atoms with E-state index in [1.165, 1.54) is 0 Å². The molecule has 1 aromatic carbocycles. The van der Waals surface area contributed by atoms with Crippen LogP contribution in [-0.4, -0.2) is 16.6 Å². The maximum atomic E-state index is 6.17. The number of nitrogens with zero attached hydrogens (tertiary/aromatic N) is 2. The van der Waals surface area contributed by atoms with Crippen LogP contribution in [0.1, 0.15) is 23.9 Å². The molecule has 0 bridgehead atoms. The van der Waals surface area contributed by atoms with Crippen LogP contribution in [0.25, 0.3) is 0 Å². The van der Waals surface area contributed by atoms with Gasteiger partial charge in [-0.25, -0.2) is 9.97 Å². The smallest absolute Gasteiger partial charge is 0.157 e. The summed E-state index contributed by atoms with van der Waals surface area (Å²) in [6.07, 6.45) is 0.618. The van der Waals surface area contributed by atoms with Crippen LogP contribution in [0, 0.1) is 0 Å². The monoisotopic (exact) mass is 296 g/mol. The van der Waals surface area contributed by atoms with E-state index < -0.39 is 0 Å². The lowest BCUT2D eigenvalue weighted by atomic mass is 10.1. The van der Waals surface area contributed by atoms with Gasteiger partial charge in [0.05, 0.1) is 0 Å². The first-order valence-corrected chi connectivity index (χ1v) is 6.78. The van der Waals surface area contributed by atoms with E-state index >= 15 is 0 Å². The van der Waals surface area contributed by atoms with Gasteiger partial charge in [-0.05, 0) is 12.5 Å². The van der Waals surface area contributed by atoms with Crippen LogP contribution in [0.5, 0.6) is 0 Å². The minimum Gasteiger partial charge on any atom is -0.374 e. The molecule has 2 rings (SSSR count). The highest BCUT2D eigenvalue weighted by Crippen LogP contribution is 2.24. The first-order chi connectivity index (χ1) is 9.20. The highest BCUT2D eigenvalue weighted by molar-refractivity contribution is 6.34. The summed E-state index contributed by atoms with van der Waals surface area (Å²) >= 11 is 12.3. The third kappa shape index (κ3) is 3.90. The molecule has 3 nitrogen and oxygen atoms in total. The molecule has 100 valence electrons. The molecule has 0 aliphatic rings. The summed E-state index contributed by atoms with van der Waals surface area (Å²) in [5, 5.41) is 0.775. The standard InChI is InChI=1S/C14H14Cl2N2O/c1-2-19-9-12-17-13(15)11(14(16)18-12)8-10-6-4-3-5-7-10/h3-7H,2,8-9H2,1H3. The predicted molar refractivity (Wildman–Crippen MR) is 76.6 cm³/mol. The molecule has 1 heterocycles. The highest BCUT2D eigenvalue weighted by atomic mass is 35.5. The van der Waals surface area contributed by atoms with Crippen molar-refractivity contribution in [1.29, 1.82) is 0 Å². The Kier molecular flexibility index (Phi) is 5.14. The van der Waals surface area contributed by atoms with Gasteiger partial charge in [0.1, 0.15) is 16.9 Å². The van der Waals surface area contributed by atoms with Gasteiger partial charge in [0.2, 0.25) is 0 Å². The number of ether oxygens (including phenoxy) is 1. The molecule has 0 spiro atoms. The third-order valence-electron chi connectivity index (χ3n) is 2.61. The molecule has 0 saturated heterocycles. The van der Waals surface area contributed by atoms with Crippen molar-refractivity contribution in [2.45, 2.75) is 20.0 Å². The number of halogens is 2. The summed E-state index contributed by atoms with van der Waals surface area (Å²) in [4.78, 5) is 8.43. The largest absolute Gasteiger partial charge is 0.374 e. The second-order valence-corrected chi connectivity index (χ2v) is 4.72. The van der Waals surface area contributed by atoms with Crippen LogP contribution in [0.4, 0.5) is 0 Å². The Morgan fingerprint density at radius 1 is 1.05 bits per heavy atom. The summed E-state index contributed by atoms with van der Waals surface area (Å²) in [5.41, 5.74) is 1.86. The van der Waals surface area contributed by atoms with Gasteiger partial charge in [0.15, 0.2) is 5.82 Å². The van der Waals surface area contributed by atoms with E-state index in [2.05, 4.69) is 9.97 Å². The van der Waals surface area contributed by atoms with E-state index in [1.807, 2.05) is 37.3 Å². The fourth-order valence-corrected chi connectivity index (χ4v) is 2.23. The molecule has 1 aromatic heterocycles. The Bertz CT molecular complexity index is 523. The van der Waals surface area contributed by atoms with E-state index in [0.29, 0.717) is 35.8 Å². The van der Waals surface area contributed by atoms with E-state index in [0.717, 1.165) is 11.1 Å². The van der Waals surface area contributed by atoms with Gasteiger partial charge in [-0.15, -0.1) is 0 Å². The molecule has 0 aliphatic heterocycles. The van der Waals surface area contributed by atoms with Crippen LogP contribution >= 0.6 is 23.2 Å². The van der Waals surface area contributed by atoms with Gasteiger partial charge in [-0.2, -0.15) is 0 Å². The minimum absolute atomic E-state index is 0.321. The first-order valence-electron chi connectivity index (χ1n) is 6.03. The molecule has 0 amide bonds. The fraction of sp³-hybridized carbons (Fsp3) is 0.286. The van der Waals surface area contributed by atoms with Gasteiger partial charge in [-0.1, -0.05) is 53.5 Å². The molecule has 0 atom stereocenters. The van der Waals surface area contributed by atoms with Crippen molar-refractivity contribution in [2.75, 3.05) is 6.61 Å². The zero-order chi connectivity index (χ0) is 13.7. The average molecular weight is 297 g/mol. The molecule has 0 aliphatic carbocycles. The number of aromatic nitrogens is 2. The molecular weight excluding hydrogens is 283 g/mol. The van der Waals surface area contributed by atoms with Crippen LogP contribution in [-0.2, 0) is 17.8 Å². The lowest BCUT2D eigenvalue weighted by Crippen LogP contribution is -2.03. The SMILES string of the molecule is CCOCc1nc(Cl)c(Cc2ccccc2)c(Cl)n1. The molecule has 0 unspecified atom stereocenters. The Balaban J connectivity index is 2.22. The van der Waals surface area contributed by atoms with E-state index in [1.54, 1.807) is 0 Å². The molecule has 0 N–H and O–H groups in total. The molecule has 0 radical (unpaired) electrons. The van der Waals surface area contributed by atoms with Crippen LogP contribution in [0.3, 0.4) is 0 Å². The number of rotatable bonds is 5. The van der Waals surface area contributed by atoms with Crippen molar-refractivity contribution in [3.8, 4) is 0 Å². The van der Waals surface area contributed by atoms with Gasteiger partial charge in [0, 0.05) is 18.6 Å². The summed E-state index contributed by atoms with van der Waals surface area (Å²) < 4.78 is 5.25. The number of benzene rings is 1. The quantitative estimate of drug-likeness (QED) is 0.785. The van der Waals surface area contributed by atoms with Crippen LogP contribution < -0.4 is 0 Å². The van der Waals surface area contributed by atoms with Gasteiger partial charge < -0.3 is 4.74 Å². The normalized spacial score (nSPS) is 10.7. The molecular formula is C14H14Cl2N2O. The van der Waals surface area contributed by atoms with Gasteiger partial charge >= 0.3 is 0 Å². The van der Waals surface area contributed by atoms with Crippen LogP contribution in [0.2, 0.25) is 10.3 Å². The zero-order valence-corrected chi connectivity index (χ0v) is 12.1. The van der Waals surface area contributed by atoms with Crippen molar-refractivity contribution in [3.63, 3.8) is 0 Å². The average Bonchev–Trinajstić information content (AvgIpc) is 2.42. The first kappa shape index (κ1) is 14.3. The summed E-state index contributed by atoms with van der Waals surface area (Å²) in [6, 6.07) is 9.94. The maximum absolute atomic E-state index is 6.17. The molecule has 19 heavy (non-hydrogen) atoms. The van der Waals surface area contributed by atoms with Gasteiger partial charge in [-0.3, -0.25) is 0 Å². The Labute approximate surface area is 122 Å². The lowest BCUT2D eigenvalue weighted by molar-refractivity contribution is 0.128. The second-order valence-electron chi connectivity index (χ2n) is 4.00. The molecule has 0 saturated carbocycles. The van der Waals surface area contributed by atoms with Crippen molar-refractivity contribution < 1.29 is 4.74 Å². The van der Waals surface area contributed by atoms with Crippen molar-refractivity contribution in [3.05, 3.63) is 57.6 Å². The van der Waals surface area contributed by atoms with Crippen molar-refractivity contribution >= 4 is 23.2 Å². The number of hydrogen-bond donors (Lipinski definition) is 0. The Morgan fingerprint density at radius 3 is 2.26 bits per heavy atom. The minimum atomic E-state index is 0.321. The third-order valence-corrected chi connectivity index (χ3v) is 3.24. The molecule has 0 fully saturated rings. The predicted octanol–water partition coefficient (Wildman–Crippen LogP) is 3.91. The topological polar surface area (TPSA) is 35.0 Å². The van der Waals surface area contributed by atoms with E-state index in [9.17, 15) is 0 Å². The molecule has 5 heteroatoms. The van der Waals surface area contributed by atoms with Crippen LogP contribution in [0.15, 0.2) is 30.3 Å². The van der Waals surface area contributed by atoms with E-state index in [-0.39, 0.29) is 0 Å². The van der Waals surface area contributed by atoms with Crippen molar-refractivity contribution in [2.24, 2.45) is 0 Å².